The van der Waals surface area contributed by atoms with Gasteiger partial charge in [0.25, 0.3) is 0 Å². The van der Waals surface area contributed by atoms with Crippen molar-refractivity contribution in [2.75, 3.05) is 12.8 Å². The SMILES string of the molecule is CSC1(CNCc2ccc(Cl)s2)CCCCC1. The molecule has 0 spiro atoms. The van der Waals surface area contributed by atoms with Gasteiger partial charge in [-0.15, -0.1) is 11.3 Å². The lowest BCUT2D eigenvalue weighted by Gasteiger charge is -2.36. The number of nitrogens with one attached hydrogen (secondary N) is 1. The van der Waals surface area contributed by atoms with Crippen molar-refractivity contribution in [3.05, 3.63) is 21.3 Å². The van der Waals surface area contributed by atoms with E-state index in [1.54, 1.807) is 11.3 Å². The van der Waals surface area contributed by atoms with Crippen molar-refractivity contribution in [3.63, 3.8) is 0 Å². The smallest absolute Gasteiger partial charge is 0.0931 e. The third-order valence-electron chi connectivity index (χ3n) is 3.57. The first-order valence-electron chi connectivity index (χ1n) is 6.24. The summed E-state index contributed by atoms with van der Waals surface area (Å²) in [6, 6.07) is 4.10. The maximum Gasteiger partial charge on any atom is 0.0931 e. The van der Waals surface area contributed by atoms with Crippen molar-refractivity contribution in [3.8, 4) is 0 Å². The molecule has 0 radical (unpaired) electrons. The number of rotatable bonds is 5. The van der Waals surface area contributed by atoms with E-state index in [1.165, 1.54) is 37.0 Å². The first-order valence-corrected chi connectivity index (χ1v) is 8.66. The largest absolute Gasteiger partial charge is 0.310 e. The van der Waals surface area contributed by atoms with Crippen LogP contribution in [0.4, 0.5) is 0 Å². The summed E-state index contributed by atoms with van der Waals surface area (Å²) in [5, 5.41) is 3.61. The molecule has 1 N–H and O–H groups in total. The van der Waals surface area contributed by atoms with Crippen LogP contribution >= 0.6 is 34.7 Å². The van der Waals surface area contributed by atoms with Gasteiger partial charge in [0.05, 0.1) is 4.34 Å². The summed E-state index contributed by atoms with van der Waals surface area (Å²) in [6.45, 7) is 2.09. The van der Waals surface area contributed by atoms with Crippen LogP contribution in [-0.4, -0.2) is 17.5 Å². The summed E-state index contributed by atoms with van der Waals surface area (Å²) in [6.07, 6.45) is 9.21. The number of hydrogen-bond donors (Lipinski definition) is 1. The maximum atomic E-state index is 5.93. The van der Waals surface area contributed by atoms with Gasteiger partial charge in [0, 0.05) is 22.7 Å². The van der Waals surface area contributed by atoms with Gasteiger partial charge in [0.15, 0.2) is 0 Å². The maximum absolute atomic E-state index is 5.93. The number of thiophene rings is 1. The highest BCUT2D eigenvalue weighted by Gasteiger charge is 2.30. The van der Waals surface area contributed by atoms with Crippen molar-refractivity contribution in [1.29, 1.82) is 0 Å². The van der Waals surface area contributed by atoms with Gasteiger partial charge in [-0.1, -0.05) is 30.9 Å². The highest BCUT2D eigenvalue weighted by atomic mass is 35.5. The Morgan fingerprint density at radius 3 is 2.71 bits per heavy atom. The molecule has 0 aliphatic heterocycles. The van der Waals surface area contributed by atoms with Crippen molar-refractivity contribution in [2.24, 2.45) is 0 Å². The Morgan fingerprint density at radius 2 is 2.12 bits per heavy atom. The summed E-state index contributed by atoms with van der Waals surface area (Å²) >= 11 is 9.65. The fourth-order valence-corrected chi connectivity index (χ4v) is 4.51. The Morgan fingerprint density at radius 1 is 1.35 bits per heavy atom. The molecule has 17 heavy (non-hydrogen) atoms. The molecule has 1 aliphatic carbocycles. The standard InChI is InChI=1S/C13H20ClNS2/c1-16-13(7-3-2-4-8-13)10-15-9-11-5-6-12(14)17-11/h5-6,15H,2-4,7-10H2,1H3. The van der Waals surface area contributed by atoms with Crippen LogP contribution in [0.1, 0.15) is 37.0 Å². The van der Waals surface area contributed by atoms with E-state index in [-0.39, 0.29) is 0 Å². The third-order valence-corrected chi connectivity index (χ3v) is 6.22. The Labute approximate surface area is 117 Å². The lowest BCUT2D eigenvalue weighted by Crippen LogP contribution is -2.38. The number of hydrogen-bond acceptors (Lipinski definition) is 3. The minimum absolute atomic E-state index is 0.485. The molecule has 1 aromatic rings. The van der Waals surface area contributed by atoms with E-state index in [4.69, 9.17) is 11.6 Å². The van der Waals surface area contributed by atoms with E-state index in [0.29, 0.717) is 4.75 Å². The zero-order valence-corrected chi connectivity index (χ0v) is 12.7. The molecule has 1 heterocycles. The van der Waals surface area contributed by atoms with Gasteiger partial charge in [-0.3, -0.25) is 0 Å². The van der Waals surface area contributed by atoms with Crippen LogP contribution in [0, 0.1) is 0 Å². The molecule has 1 aromatic heterocycles. The first kappa shape index (κ1) is 13.7. The van der Waals surface area contributed by atoms with Crippen LogP contribution in [-0.2, 0) is 6.54 Å². The van der Waals surface area contributed by atoms with Crippen LogP contribution < -0.4 is 5.32 Å². The van der Waals surface area contributed by atoms with E-state index >= 15 is 0 Å². The molecule has 1 saturated carbocycles. The van der Waals surface area contributed by atoms with Crippen LogP contribution in [0.15, 0.2) is 12.1 Å². The number of thioether (sulfide) groups is 1. The van der Waals surface area contributed by atoms with Gasteiger partial charge < -0.3 is 5.32 Å². The molecule has 4 heteroatoms. The Kier molecular flexibility index (Phi) is 5.22. The fourth-order valence-electron chi connectivity index (χ4n) is 2.51. The van der Waals surface area contributed by atoms with E-state index in [2.05, 4.69) is 17.6 Å². The molecule has 0 aromatic carbocycles. The summed E-state index contributed by atoms with van der Waals surface area (Å²) in [5.41, 5.74) is 0. The van der Waals surface area contributed by atoms with Gasteiger partial charge in [0.2, 0.25) is 0 Å². The zero-order chi connectivity index (χ0) is 12.1. The average Bonchev–Trinajstić information content (AvgIpc) is 2.76. The molecule has 2 rings (SSSR count). The normalized spacial score (nSPS) is 19.4. The Bertz CT molecular complexity index is 345. The Balaban J connectivity index is 1.79. The van der Waals surface area contributed by atoms with Gasteiger partial charge >= 0.3 is 0 Å². The first-order chi connectivity index (χ1) is 8.24. The second-order valence-corrected chi connectivity index (χ2v) is 7.83. The topological polar surface area (TPSA) is 12.0 Å². The molecular formula is C13H20ClNS2. The molecule has 1 nitrogen and oxygen atoms in total. The van der Waals surface area contributed by atoms with Crippen LogP contribution in [0.3, 0.4) is 0 Å². The minimum atomic E-state index is 0.485. The van der Waals surface area contributed by atoms with Crippen molar-refractivity contribution in [1.82, 2.24) is 5.32 Å². The van der Waals surface area contributed by atoms with Crippen molar-refractivity contribution >= 4 is 34.7 Å². The monoisotopic (exact) mass is 289 g/mol. The quantitative estimate of drug-likeness (QED) is 0.853. The van der Waals surface area contributed by atoms with E-state index in [9.17, 15) is 0 Å². The number of halogens is 1. The second kappa shape index (κ2) is 6.46. The summed E-state index contributed by atoms with van der Waals surface area (Å²) in [5.74, 6) is 0. The molecule has 1 aliphatic rings. The zero-order valence-electron chi connectivity index (χ0n) is 10.3. The molecule has 0 saturated heterocycles. The Hall–Kier alpha value is 0.300. The lowest BCUT2D eigenvalue weighted by atomic mass is 9.88. The van der Waals surface area contributed by atoms with Crippen LogP contribution in [0.2, 0.25) is 4.34 Å². The molecule has 0 unspecified atom stereocenters. The van der Waals surface area contributed by atoms with Gasteiger partial charge in [0.1, 0.15) is 0 Å². The summed E-state index contributed by atoms with van der Waals surface area (Å²) in [4.78, 5) is 1.34. The van der Waals surface area contributed by atoms with Gasteiger partial charge in [-0.05, 0) is 31.2 Å². The van der Waals surface area contributed by atoms with Crippen molar-refractivity contribution in [2.45, 2.75) is 43.4 Å². The highest BCUT2D eigenvalue weighted by molar-refractivity contribution is 8.00. The molecule has 0 bridgehead atoms. The molecular weight excluding hydrogens is 270 g/mol. The molecule has 96 valence electrons. The second-order valence-electron chi connectivity index (χ2n) is 4.76. The van der Waals surface area contributed by atoms with E-state index in [1.807, 2.05) is 17.8 Å². The lowest BCUT2D eigenvalue weighted by molar-refractivity contribution is 0.380. The van der Waals surface area contributed by atoms with Crippen LogP contribution in [0.25, 0.3) is 0 Å². The van der Waals surface area contributed by atoms with Crippen molar-refractivity contribution < 1.29 is 0 Å². The molecule has 0 amide bonds. The van der Waals surface area contributed by atoms with E-state index < -0.39 is 0 Å². The molecule has 0 atom stereocenters. The summed E-state index contributed by atoms with van der Waals surface area (Å²) < 4.78 is 1.37. The third kappa shape index (κ3) is 3.88. The molecule has 1 fully saturated rings. The average molecular weight is 290 g/mol. The van der Waals surface area contributed by atoms with Gasteiger partial charge in [-0.25, -0.2) is 0 Å². The van der Waals surface area contributed by atoms with E-state index in [0.717, 1.165) is 17.4 Å². The van der Waals surface area contributed by atoms with Crippen LogP contribution in [0.5, 0.6) is 0 Å². The van der Waals surface area contributed by atoms with Gasteiger partial charge in [-0.2, -0.15) is 11.8 Å². The fraction of sp³-hybridized carbons (Fsp3) is 0.692. The summed E-state index contributed by atoms with van der Waals surface area (Å²) in [7, 11) is 0. The minimum Gasteiger partial charge on any atom is -0.310 e. The highest BCUT2D eigenvalue weighted by Crippen LogP contribution is 2.38. The predicted octanol–water partition coefficient (Wildman–Crippen LogP) is 4.56. The predicted molar refractivity (Wildman–Crippen MR) is 80.4 cm³/mol.